The lowest BCUT2D eigenvalue weighted by Crippen LogP contribution is -2.15. The Morgan fingerprint density at radius 1 is 0.957 bits per heavy atom. The zero-order valence-corrected chi connectivity index (χ0v) is 14.8. The number of benzene rings is 2. The number of halogens is 1. The van der Waals surface area contributed by atoms with Crippen molar-refractivity contribution in [1.29, 1.82) is 0 Å². The number of allylic oxidation sites excluding steroid dienone is 5. The number of nitrogens with one attached hydrogen (secondary N) is 1. The molecule has 0 bridgehead atoms. The van der Waals surface area contributed by atoms with Crippen LogP contribution in [0.1, 0.15) is 25.0 Å². The second kappa shape index (κ2) is 5.24. The number of rotatable bonds is 0. The largest absolute Gasteiger partial charge is 0.354 e. The van der Waals surface area contributed by atoms with Gasteiger partial charge in [-0.2, -0.15) is 0 Å². The van der Waals surface area contributed by atoms with Crippen molar-refractivity contribution in [3.8, 4) is 0 Å². The van der Waals surface area contributed by atoms with Gasteiger partial charge in [-0.25, -0.2) is 0 Å². The molecule has 1 heterocycles. The van der Waals surface area contributed by atoms with Crippen molar-refractivity contribution in [2.45, 2.75) is 19.3 Å². The lowest BCUT2D eigenvalue weighted by atomic mass is 9.80. The standard InChI is InChI=1S/C21H18BrN/c1-21(2)11-10-15(22)7-5-6-14-12-20-17(13-18(14)21)16-8-3-4-9-19(16)23-20/h3-13,23H,1-2H3. The topological polar surface area (TPSA) is 15.8 Å². The van der Waals surface area contributed by atoms with Gasteiger partial charge in [-0.05, 0) is 35.4 Å². The lowest BCUT2D eigenvalue weighted by Gasteiger charge is -2.23. The number of aromatic amines is 1. The van der Waals surface area contributed by atoms with Crippen LogP contribution in [-0.4, -0.2) is 4.98 Å². The summed E-state index contributed by atoms with van der Waals surface area (Å²) in [5.41, 5.74) is 4.95. The molecule has 4 rings (SSSR count). The van der Waals surface area contributed by atoms with E-state index in [2.05, 4.69) is 102 Å². The van der Waals surface area contributed by atoms with Gasteiger partial charge in [0.25, 0.3) is 0 Å². The fraction of sp³-hybridized carbons (Fsp3) is 0.143. The maximum absolute atomic E-state index is 3.59. The quantitative estimate of drug-likeness (QED) is 0.471. The highest BCUT2D eigenvalue weighted by Gasteiger charge is 2.22. The molecule has 0 saturated heterocycles. The Hall–Kier alpha value is -2.06. The van der Waals surface area contributed by atoms with Crippen molar-refractivity contribution in [2.75, 3.05) is 0 Å². The molecule has 1 aliphatic rings. The van der Waals surface area contributed by atoms with E-state index < -0.39 is 0 Å². The molecule has 23 heavy (non-hydrogen) atoms. The Labute approximate surface area is 144 Å². The van der Waals surface area contributed by atoms with Crippen molar-refractivity contribution >= 4 is 43.8 Å². The lowest BCUT2D eigenvalue weighted by molar-refractivity contribution is 0.669. The fourth-order valence-electron chi connectivity index (χ4n) is 3.29. The van der Waals surface area contributed by atoms with Crippen LogP contribution in [0.5, 0.6) is 0 Å². The maximum atomic E-state index is 3.59. The summed E-state index contributed by atoms with van der Waals surface area (Å²) in [7, 11) is 0. The number of H-pyrrole nitrogens is 1. The molecule has 3 aromatic rings. The summed E-state index contributed by atoms with van der Waals surface area (Å²) >= 11 is 3.59. The van der Waals surface area contributed by atoms with E-state index in [-0.39, 0.29) is 5.41 Å². The predicted octanol–water partition coefficient (Wildman–Crippen LogP) is 6.46. The summed E-state index contributed by atoms with van der Waals surface area (Å²) < 4.78 is 1.09. The minimum Gasteiger partial charge on any atom is -0.354 e. The van der Waals surface area contributed by atoms with Gasteiger partial charge < -0.3 is 4.98 Å². The summed E-state index contributed by atoms with van der Waals surface area (Å²) in [4.78, 5) is 3.54. The van der Waals surface area contributed by atoms with Crippen LogP contribution in [0.3, 0.4) is 0 Å². The molecule has 0 amide bonds. The molecule has 1 N–H and O–H groups in total. The van der Waals surface area contributed by atoms with Crippen molar-refractivity contribution in [3.63, 3.8) is 0 Å². The minimum atomic E-state index is -0.0383. The highest BCUT2D eigenvalue weighted by Crippen LogP contribution is 2.36. The molecular formula is C21H18BrN. The molecule has 0 aliphatic heterocycles. The fourth-order valence-corrected chi connectivity index (χ4v) is 3.57. The summed E-state index contributed by atoms with van der Waals surface area (Å²) in [6, 6.07) is 13.1. The van der Waals surface area contributed by atoms with E-state index in [4.69, 9.17) is 0 Å². The van der Waals surface area contributed by atoms with Crippen LogP contribution in [0.2, 0.25) is 0 Å². The number of fused-ring (bicyclic) bond motifs is 4. The van der Waals surface area contributed by atoms with Gasteiger partial charge >= 0.3 is 0 Å². The van der Waals surface area contributed by atoms with Crippen LogP contribution in [-0.2, 0) is 5.41 Å². The zero-order valence-electron chi connectivity index (χ0n) is 13.2. The normalized spacial score (nSPS) is 16.7. The average molecular weight is 364 g/mol. The van der Waals surface area contributed by atoms with Crippen LogP contribution >= 0.6 is 15.9 Å². The number of aromatic nitrogens is 1. The van der Waals surface area contributed by atoms with Crippen LogP contribution < -0.4 is 0 Å². The van der Waals surface area contributed by atoms with Gasteiger partial charge in [0.2, 0.25) is 0 Å². The van der Waals surface area contributed by atoms with Gasteiger partial charge in [0.15, 0.2) is 0 Å². The van der Waals surface area contributed by atoms with E-state index in [9.17, 15) is 0 Å². The molecule has 0 saturated carbocycles. The first kappa shape index (κ1) is 14.5. The van der Waals surface area contributed by atoms with Gasteiger partial charge in [0.05, 0.1) is 0 Å². The molecule has 0 atom stereocenters. The molecule has 0 unspecified atom stereocenters. The first-order valence-corrected chi connectivity index (χ1v) is 8.62. The molecular weight excluding hydrogens is 346 g/mol. The van der Waals surface area contributed by atoms with Crippen LogP contribution in [0, 0.1) is 0 Å². The van der Waals surface area contributed by atoms with E-state index in [0.29, 0.717) is 0 Å². The van der Waals surface area contributed by atoms with Crippen molar-refractivity contribution in [2.24, 2.45) is 0 Å². The number of para-hydroxylation sites is 1. The molecule has 1 aliphatic carbocycles. The monoisotopic (exact) mass is 363 g/mol. The third-order valence-corrected chi connectivity index (χ3v) is 5.09. The molecule has 0 spiro atoms. The van der Waals surface area contributed by atoms with Gasteiger partial charge in [-0.15, -0.1) is 0 Å². The Kier molecular flexibility index (Phi) is 3.31. The number of hydrogen-bond acceptors (Lipinski definition) is 0. The molecule has 1 nitrogen and oxygen atoms in total. The summed E-state index contributed by atoms with van der Waals surface area (Å²) in [6.07, 6.45) is 10.8. The molecule has 2 heteroatoms. The number of hydrogen-bond donors (Lipinski definition) is 1. The predicted molar refractivity (Wildman–Crippen MR) is 104 cm³/mol. The molecule has 0 fully saturated rings. The van der Waals surface area contributed by atoms with Crippen molar-refractivity contribution < 1.29 is 0 Å². The summed E-state index contributed by atoms with van der Waals surface area (Å²) in [6.45, 7) is 4.53. The Balaban J connectivity index is 2.07. The average Bonchev–Trinajstić information content (AvgIpc) is 2.90. The highest BCUT2D eigenvalue weighted by molar-refractivity contribution is 9.11. The summed E-state index contributed by atoms with van der Waals surface area (Å²) in [5.74, 6) is 0. The molecule has 0 radical (unpaired) electrons. The van der Waals surface area contributed by atoms with E-state index >= 15 is 0 Å². The van der Waals surface area contributed by atoms with E-state index in [0.717, 1.165) is 4.48 Å². The molecule has 114 valence electrons. The SMILES string of the molecule is CC1(C)C=CC(Br)=CC=Cc2cc3[nH]c4ccccc4c3cc21. The van der Waals surface area contributed by atoms with Gasteiger partial charge in [-0.1, -0.05) is 72.3 Å². The Morgan fingerprint density at radius 3 is 2.65 bits per heavy atom. The van der Waals surface area contributed by atoms with E-state index in [1.54, 1.807) is 0 Å². The molecule has 2 aromatic carbocycles. The second-order valence-corrected chi connectivity index (χ2v) is 7.54. The maximum Gasteiger partial charge on any atom is 0.0471 e. The first-order chi connectivity index (χ1) is 11.0. The van der Waals surface area contributed by atoms with Gasteiger partial charge in [0.1, 0.15) is 0 Å². The third-order valence-electron chi connectivity index (χ3n) is 4.56. The third kappa shape index (κ3) is 2.47. The van der Waals surface area contributed by atoms with Crippen molar-refractivity contribution in [3.05, 3.63) is 76.3 Å². The highest BCUT2D eigenvalue weighted by atomic mass is 79.9. The zero-order chi connectivity index (χ0) is 16.0. The minimum absolute atomic E-state index is 0.0383. The molecule has 1 aromatic heterocycles. The Bertz CT molecular complexity index is 999. The smallest absolute Gasteiger partial charge is 0.0471 e. The van der Waals surface area contributed by atoms with Crippen molar-refractivity contribution in [1.82, 2.24) is 4.98 Å². The van der Waals surface area contributed by atoms with Gasteiger partial charge in [0, 0.05) is 31.7 Å². The van der Waals surface area contributed by atoms with Crippen LogP contribution in [0.25, 0.3) is 27.9 Å². The Morgan fingerprint density at radius 2 is 1.78 bits per heavy atom. The second-order valence-electron chi connectivity index (χ2n) is 6.62. The van der Waals surface area contributed by atoms with E-state index in [1.165, 1.54) is 32.9 Å². The van der Waals surface area contributed by atoms with Crippen LogP contribution in [0.15, 0.2) is 65.2 Å². The first-order valence-electron chi connectivity index (χ1n) is 7.83. The van der Waals surface area contributed by atoms with Crippen LogP contribution in [0.4, 0.5) is 0 Å². The van der Waals surface area contributed by atoms with E-state index in [1.807, 2.05) is 0 Å². The summed E-state index contributed by atoms with van der Waals surface area (Å²) in [5, 5.41) is 2.58. The van der Waals surface area contributed by atoms with Gasteiger partial charge in [-0.3, -0.25) is 0 Å².